The predicted octanol–water partition coefficient (Wildman–Crippen LogP) is 5.35. The monoisotopic (exact) mass is 713 g/mol. The van der Waals surface area contributed by atoms with Crippen molar-refractivity contribution >= 4 is 40.7 Å². The van der Waals surface area contributed by atoms with Gasteiger partial charge in [0, 0.05) is 43.8 Å². The fourth-order valence-electron chi connectivity index (χ4n) is 7.38. The second-order valence-corrected chi connectivity index (χ2v) is 14.6. The number of carbonyl (C=O) groups excluding carboxylic acids is 2. The fraction of sp³-hybridized carbons (Fsp3) is 0.500. The first-order valence-corrected chi connectivity index (χ1v) is 16.2. The van der Waals surface area contributed by atoms with Crippen molar-refractivity contribution in [3.8, 4) is 0 Å². The third-order valence-electron chi connectivity index (χ3n) is 9.29. The topological polar surface area (TPSA) is 104 Å². The number of hydrogen-bond donors (Lipinski definition) is 3. The van der Waals surface area contributed by atoms with Gasteiger partial charge in [-0.15, -0.1) is 10.2 Å². The average molecular weight is 715 g/mol. The van der Waals surface area contributed by atoms with E-state index in [1.54, 1.807) is 0 Å². The Hall–Kier alpha value is -3.33. The largest absolute Gasteiger partial charge is 0.396 e. The van der Waals surface area contributed by atoms with Crippen LogP contribution >= 0.6 is 23.2 Å². The number of anilines is 1. The van der Waals surface area contributed by atoms with Crippen LogP contribution in [-0.2, 0) is 34.5 Å². The molecule has 6 rings (SSSR count). The van der Waals surface area contributed by atoms with Crippen LogP contribution in [0.1, 0.15) is 55.9 Å². The molecule has 0 radical (unpaired) electrons. The molecule has 2 aromatic carbocycles. The molecule has 4 heterocycles. The summed E-state index contributed by atoms with van der Waals surface area (Å²) in [7, 11) is 0. The second kappa shape index (κ2) is 12.5. The van der Waals surface area contributed by atoms with Gasteiger partial charge in [-0.05, 0) is 41.2 Å². The Morgan fingerprint density at radius 1 is 1.10 bits per heavy atom. The highest BCUT2D eigenvalue weighted by Gasteiger charge is 2.66. The van der Waals surface area contributed by atoms with Gasteiger partial charge >= 0.3 is 6.18 Å². The number of halogens is 7. The van der Waals surface area contributed by atoms with Gasteiger partial charge in [0.25, 0.3) is 0 Å². The number of fused-ring (bicyclic) bond motifs is 3. The Labute approximate surface area is 283 Å². The lowest BCUT2D eigenvalue weighted by Crippen LogP contribution is -2.49. The van der Waals surface area contributed by atoms with Crippen LogP contribution in [-0.4, -0.2) is 69.4 Å². The Balaban J connectivity index is 1.30. The Kier molecular flexibility index (Phi) is 9.01. The number of nitrogens with one attached hydrogen (secondary N) is 3. The van der Waals surface area contributed by atoms with Crippen LogP contribution in [0.5, 0.6) is 0 Å². The van der Waals surface area contributed by atoms with Gasteiger partial charge in [0.15, 0.2) is 0 Å². The van der Waals surface area contributed by atoms with Crippen LogP contribution in [0.15, 0.2) is 30.3 Å². The summed E-state index contributed by atoms with van der Waals surface area (Å²) in [5, 5.41) is 16.3. The van der Waals surface area contributed by atoms with E-state index in [0.717, 1.165) is 0 Å². The minimum atomic E-state index is -4.40. The normalized spacial score (nSPS) is 24.1. The Morgan fingerprint density at radius 2 is 1.85 bits per heavy atom. The number of nitrogens with zero attached hydrogens (tertiary/aromatic N) is 4. The summed E-state index contributed by atoms with van der Waals surface area (Å²) in [6.07, 6.45) is -5.21. The Bertz CT molecular complexity index is 1760. The van der Waals surface area contributed by atoms with E-state index in [-0.39, 0.29) is 57.7 Å². The van der Waals surface area contributed by atoms with E-state index < -0.39 is 59.5 Å². The number of hydrogen-bond acceptors (Lipinski definition) is 6. The number of carbonyl (C=O) groups is 2. The molecule has 1 saturated heterocycles. The first-order chi connectivity index (χ1) is 22.5. The van der Waals surface area contributed by atoms with Crippen molar-refractivity contribution in [2.75, 3.05) is 25.0 Å². The molecule has 3 aliphatic heterocycles. The van der Waals surface area contributed by atoms with Crippen molar-refractivity contribution < 1.29 is 31.5 Å². The molecule has 0 bridgehead atoms. The molecular formula is C32H34Cl2F5N7O2. The van der Waals surface area contributed by atoms with Crippen LogP contribution in [0.2, 0.25) is 10.0 Å². The van der Waals surface area contributed by atoms with Crippen molar-refractivity contribution in [3.63, 3.8) is 0 Å². The first kappa shape index (κ1) is 34.5. The minimum absolute atomic E-state index is 0.0231. The van der Waals surface area contributed by atoms with Gasteiger partial charge in [0.05, 0.1) is 22.6 Å². The van der Waals surface area contributed by atoms with Gasteiger partial charge in [-0.3, -0.25) is 14.5 Å². The third kappa shape index (κ3) is 6.27. The lowest BCUT2D eigenvalue weighted by atomic mass is 9.62. The number of amides is 2. The lowest BCUT2D eigenvalue weighted by Gasteiger charge is -2.37. The summed E-state index contributed by atoms with van der Waals surface area (Å²) in [6, 6.07) is 4.99. The highest BCUT2D eigenvalue weighted by atomic mass is 35.5. The number of alkyl halides is 3. The summed E-state index contributed by atoms with van der Waals surface area (Å²) in [4.78, 5) is 30.2. The maximum Gasteiger partial charge on any atom is 0.396 e. The molecule has 1 spiro atoms. The van der Waals surface area contributed by atoms with Crippen LogP contribution in [0.4, 0.5) is 27.6 Å². The zero-order chi connectivity index (χ0) is 34.8. The molecule has 0 aliphatic carbocycles. The van der Waals surface area contributed by atoms with E-state index >= 15 is 8.78 Å². The van der Waals surface area contributed by atoms with E-state index in [9.17, 15) is 22.8 Å². The van der Waals surface area contributed by atoms with Gasteiger partial charge in [0.1, 0.15) is 35.1 Å². The summed E-state index contributed by atoms with van der Waals surface area (Å²) in [5.41, 5.74) is -1.44. The van der Waals surface area contributed by atoms with Crippen molar-refractivity contribution in [3.05, 3.63) is 74.8 Å². The molecule has 4 atom stereocenters. The molecule has 3 aromatic rings. The van der Waals surface area contributed by atoms with Gasteiger partial charge in [0.2, 0.25) is 11.8 Å². The van der Waals surface area contributed by atoms with Crippen molar-refractivity contribution in [1.82, 2.24) is 30.3 Å². The number of benzene rings is 2. The quantitative estimate of drug-likeness (QED) is 0.286. The van der Waals surface area contributed by atoms with Gasteiger partial charge < -0.3 is 20.5 Å². The highest BCUT2D eigenvalue weighted by molar-refractivity contribution is 6.31. The average Bonchev–Trinajstić information content (AvgIpc) is 3.61. The molecule has 1 fully saturated rings. The SMILES string of the molecule is CC(C)(C)C[C@H]1N[C@@H](C(=O)NCCN2CCn3c(nnc3CC(F)(F)F)C2)[C@H](c2cccc(Cl)c2F)[C@@]12C(=O)Nc1cc(Cl)c(F)cc12. The van der Waals surface area contributed by atoms with Crippen LogP contribution in [0, 0.1) is 17.0 Å². The van der Waals surface area contributed by atoms with Crippen molar-refractivity contribution in [2.24, 2.45) is 5.41 Å². The van der Waals surface area contributed by atoms with Crippen LogP contribution in [0.25, 0.3) is 0 Å². The maximum absolute atomic E-state index is 15.9. The van der Waals surface area contributed by atoms with Gasteiger partial charge in [-0.1, -0.05) is 56.1 Å². The molecule has 0 unspecified atom stereocenters. The zero-order valence-electron chi connectivity index (χ0n) is 26.3. The van der Waals surface area contributed by atoms with Crippen molar-refractivity contribution in [2.45, 2.75) is 76.3 Å². The lowest BCUT2D eigenvalue weighted by molar-refractivity contribution is -0.129. The molecule has 258 valence electrons. The molecule has 16 heteroatoms. The van der Waals surface area contributed by atoms with E-state index in [1.807, 2.05) is 25.7 Å². The van der Waals surface area contributed by atoms with Crippen LogP contribution < -0.4 is 16.0 Å². The zero-order valence-corrected chi connectivity index (χ0v) is 27.8. The maximum atomic E-state index is 15.9. The predicted molar refractivity (Wildman–Crippen MR) is 169 cm³/mol. The van der Waals surface area contributed by atoms with Crippen LogP contribution in [0.3, 0.4) is 0 Å². The van der Waals surface area contributed by atoms with Gasteiger partial charge in [-0.25, -0.2) is 8.78 Å². The summed E-state index contributed by atoms with van der Waals surface area (Å²) < 4.78 is 71.3. The molecular weight excluding hydrogens is 680 g/mol. The smallest absolute Gasteiger partial charge is 0.353 e. The molecule has 9 nitrogen and oxygen atoms in total. The summed E-state index contributed by atoms with van der Waals surface area (Å²) in [5.74, 6) is -3.49. The molecule has 48 heavy (non-hydrogen) atoms. The van der Waals surface area contributed by atoms with E-state index in [2.05, 4.69) is 26.1 Å². The molecule has 3 N–H and O–H groups in total. The highest BCUT2D eigenvalue weighted by Crippen LogP contribution is 2.57. The number of rotatable bonds is 7. The molecule has 2 amide bonds. The fourth-order valence-corrected chi connectivity index (χ4v) is 7.73. The summed E-state index contributed by atoms with van der Waals surface area (Å²) in [6.45, 7) is 7.26. The van der Waals surface area contributed by atoms with Gasteiger partial charge in [-0.2, -0.15) is 13.2 Å². The van der Waals surface area contributed by atoms with E-state index in [0.29, 0.717) is 25.3 Å². The second-order valence-electron chi connectivity index (χ2n) is 13.8. The standard InChI is InChI=1S/C32H34Cl2F5N7O2/c1-30(2,3)13-22-32(17-11-20(35)19(34)12-21(17)41-29(32)48)25(16-5-4-6-18(33)26(16)36)27(42-22)28(47)40-7-8-45-9-10-46-23(14-31(37,38)39)43-44-24(46)15-45/h4-6,11-12,22,25,27,42H,7-10,13-15H2,1-3H3,(H,40,47)(H,41,48)/t22-,25+,27-,32+/m1/s1. The Morgan fingerprint density at radius 3 is 2.56 bits per heavy atom. The molecule has 0 saturated carbocycles. The third-order valence-corrected chi connectivity index (χ3v) is 9.88. The molecule has 1 aromatic heterocycles. The molecule has 3 aliphatic rings. The van der Waals surface area contributed by atoms with E-state index in [1.165, 1.54) is 34.9 Å². The first-order valence-electron chi connectivity index (χ1n) is 15.5. The van der Waals surface area contributed by atoms with E-state index in [4.69, 9.17) is 23.2 Å². The summed E-state index contributed by atoms with van der Waals surface area (Å²) >= 11 is 12.3. The number of aromatic nitrogens is 3. The minimum Gasteiger partial charge on any atom is -0.353 e. The van der Waals surface area contributed by atoms with Crippen molar-refractivity contribution in [1.29, 1.82) is 0 Å².